The van der Waals surface area contributed by atoms with Gasteiger partial charge in [-0.15, -0.1) is 0 Å². The van der Waals surface area contributed by atoms with Crippen LogP contribution >= 0.6 is 0 Å². The number of anilines is 1. The van der Waals surface area contributed by atoms with E-state index in [1.54, 1.807) is 6.20 Å². The Morgan fingerprint density at radius 1 is 1.38 bits per heavy atom. The Bertz CT molecular complexity index is 776. The van der Waals surface area contributed by atoms with Crippen LogP contribution in [0.3, 0.4) is 0 Å². The minimum Gasteiger partial charge on any atom is -0.380 e. The third kappa shape index (κ3) is 3.00. The molecule has 0 saturated carbocycles. The summed E-state index contributed by atoms with van der Waals surface area (Å²) in [6, 6.07) is 1.94. The Balaban J connectivity index is 1.42. The molecular weight excluding hydrogens is 306 g/mol. The fourth-order valence-corrected chi connectivity index (χ4v) is 3.18. The molecule has 2 aliphatic rings. The lowest BCUT2D eigenvalue weighted by Crippen LogP contribution is -2.41. The topological polar surface area (TPSA) is 82.3 Å². The maximum atomic E-state index is 12.5. The van der Waals surface area contributed by atoms with Crippen LogP contribution < -0.4 is 10.6 Å². The molecule has 126 valence electrons. The van der Waals surface area contributed by atoms with Gasteiger partial charge in [0, 0.05) is 67.3 Å². The first-order valence-corrected chi connectivity index (χ1v) is 8.30. The van der Waals surface area contributed by atoms with Gasteiger partial charge in [0.15, 0.2) is 0 Å². The number of amides is 1. The van der Waals surface area contributed by atoms with Gasteiger partial charge in [-0.05, 0) is 12.1 Å². The van der Waals surface area contributed by atoms with Gasteiger partial charge in [0.25, 0.3) is 0 Å². The van der Waals surface area contributed by atoms with Crippen LogP contribution in [0.25, 0.3) is 17.1 Å². The van der Waals surface area contributed by atoms with Crippen molar-refractivity contribution in [1.29, 1.82) is 0 Å². The van der Waals surface area contributed by atoms with Gasteiger partial charge >= 0.3 is 0 Å². The van der Waals surface area contributed by atoms with E-state index in [2.05, 4.69) is 25.5 Å². The molecule has 2 aromatic heterocycles. The molecule has 1 saturated heterocycles. The minimum atomic E-state index is -0.0223. The molecule has 0 aromatic carbocycles. The van der Waals surface area contributed by atoms with E-state index < -0.39 is 0 Å². The lowest BCUT2D eigenvalue weighted by molar-refractivity contribution is -0.117. The second kappa shape index (κ2) is 6.62. The molecule has 1 fully saturated rings. The second-order valence-electron chi connectivity index (χ2n) is 6.06. The highest BCUT2D eigenvalue weighted by molar-refractivity contribution is 6.05. The molecular formula is C17H21N5O2. The fourth-order valence-electron chi connectivity index (χ4n) is 3.18. The Morgan fingerprint density at radius 2 is 2.25 bits per heavy atom. The lowest BCUT2D eigenvalue weighted by atomic mass is 10.1. The Morgan fingerprint density at radius 3 is 3.12 bits per heavy atom. The number of rotatable bonds is 4. The van der Waals surface area contributed by atoms with Crippen molar-refractivity contribution in [2.75, 3.05) is 51.3 Å². The molecule has 7 nitrogen and oxygen atoms in total. The molecule has 3 N–H and O–H groups in total. The van der Waals surface area contributed by atoms with E-state index in [1.165, 1.54) is 0 Å². The SMILES string of the molecule is O=C(NCCN1CCOCC1)C1=Cc2c[nH]c3nccc(c23)NC1. The van der Waals surface area contributed by atoms with Gasteiger partial charge in [-0.3, -0.25) is 9.69 Å². The van der Waals surface area contributed by atoms with Gasteiger partial charge in [-0.2, -0.15) is 0 Å². The number of ether oxygens (including phenoxy) is 1. The number of carbonyl (C=O) groups excluding carboxylic acids is 1. The molecule has 2 aromatic rings. The van der Waals surface area contributed by atoms with Crippen LogP contribution in [-0.2, 0) is 9.53 Å². The van der Waals surface area contributed by atoms with Crippen LogP contribution in [0.5, 0.6) is 0 Å². The molecule has 0 aliphatic carbocycles. The average Bonchev–Trinajstić information content (AvgIpc) is 2.92. The van der Waals surface area contributed by atoms with Gasteiger partial charge in [0.1, 0.15) is 5.65 Å². The predicted octanol–water partition coefficient (Wildman–Crippen LogP) is 0.820. The van der Waals surface area contributed by atoms with E-state index in [-0.39, 0.29) is 5.91 Å². The number of nitrogens with one attached hydrogen (secondary N) is 3. The molecule has 2 aliphatic heterocycles. The Labute approximate surface area is 140 Å². The van der Waals surface area contributed by atoms with Gasteiger partial charge < -0.3 is 20.4 Å². The predicted molar refractivity (Wildman–Crippen MR) is 92.8 cm³/mol. The summed E-state index contributed by atoms with van der Waals surface area (Å²) in [5.74, 6) is -0.0223. The zero-order valence-electron chi connectivity index (χ0n) is 13.5. The minimum absolute atomic E-state index is 0.0223. The van der Waals surface area contributed by atoms with E-state index in [4.69, 9.17) is 4.74 Å². The zero-order chi connectivity index (χ0) is 16.4. The molecule has 4 heterocycles. The van der Waals surface area contributed by atoms with Gasteiger partial charge in [0.05, 0.1) is 13.2 Å². The Hall–Kier alpha value is -2.38. The summed E-state index contributed by atoms with van der Waals surface area (Å²) < 4.78 is 5.33. The van der Waals surface area contributed by atoms with Crippen molar-refractivity contribution < 1.29 is 9.53 Å². The molecule has 0 spiro atoms. The van der Waals surface area contributed by atoms with E-state index >= 15 is 0 Å². The van der Waals surface area contributed by atoms with E-state index in [0.29, 0.717) is 13.1 Å². The molecule has 7 heteroatoms. The lowest BCUT2D eigenvalue weighted by Gasteiger charge is -2.26. The third-order valence-electron chi connectivity index (χ3n) is 4.51. The van der Waals surface area contributed by atoms with Crippen LogP contribution in [0.1, 0.15) is 5.56 Å². The monoisotopic (exact) mass is 327 g/mol. The fraction of sp³-hybridized carbons (Fsp3) is 0.412. The highest BCUT2D eigenvalue weighted by atomic mass is 16.5. The maximum Gasteiger partial charge on any atom is 0.249 e. The van der Waals surface area contributed by atoms with Crippen molar-refractivity contribution in [2.24, 2.45) is 0 Å². The number of H-pyrrole nitrogens is 1. The number of hydrogen-bond acceptors (Lipinski definition) is 5. The normalized spacial score (nSPS) is 17.9. The Kier molecular flexibility index (Phi) is 4.18. The summed E-state index contributed by atoms with van der Waals surface area (Å²) in [7, 11) is 0. The largest absolute Gasteiger partial charge is 0.380 e. The summed E-state index contributed by atoms with van der Waals surface area (Å²) in [6.07, 6.45) is 5.60. The van der Waals surface area contributed by atoms with Crippen molar-refractivity contribution in [3.63, 3.8) is 0 Å². The number of aromatic amines is 1. The van der Waals surface area contributed by atoms with Gasteiger partial charge in [-0.25, -0.2) is 4.98 Å². The molecule has 0 radical (unpaired) electrons. The highest BCUT2D eigenvalue weighted by Crippen LogP contribution is 2.29. The molecule has 1 amide bonds. The van der Waals surface area contributed by atoms with Crippen molar-refractivity contribution in [2.45, 2.75) is 0 Å². The number of aromatic nitrogens is 2. The van der Waals surface area contributed by atoms with Gasteiger partial charge in [0.2, 0.25) is 5.91 Å². The van der Waals surface area contributed by atoms with Crippen molar-refractivity contribution >= 4 is 28.7 Å². The third-order valence-corrected chi connectivity index (χ3v) is 4.51. The summed E-state index contributed by atoms with van der Waals surface area (Å²) in [5, 5.41) is 7.39. The zero-order valence-corrected chi connectivity index (χ0v) is 13.5. The van der Waals surface area contributed by atoms with Gasteiger partial charge in [-0.1, -0.05) is 0 Å². The molecule has 0 bridgehead atoms. The molecule has 0 unspecified atom stereocenters. The summed E-state index contributed by atoms with van der Waals surface area (Å²) in [5.41, 5.74) is 3.56. The van der Waals surface area contributed by atoms with Crippen LogP contribution in [0.4, 0.5) is 5.69 Å². The van der Waals surface area contributed by atoms with E-state index in [9.17, 15) is 4.79 Å². The van der Waals surface area contributed by atoms with Crippen LogP contribution in [0, 0.1) is 0 Å². The molecule has 4 rings (SSSR count). The van der Waals surface area contributed by atoms with Crippen LogP contribution in [0.2, 0.25) is 0 Å². The van der Waals surface area contributed by atoms with Crippen LogP contribution in [0.15, 0.2) is 24.0 Å². The summed E-state index contributed by atoms with van der Waals surface area (Å²) in [6.45, 7) is 5.43. The first kappa shape index (κ1) is 15.2. The van der Waals surface area contributed by atoms with Crippen molar-refractivity contribution in [3.8, 4) is 0 Å². The number of pyridine rings is 1. The smallest absolute Gasteiger partial charge is 0.249 e. The summed E-state index contributed by atoms with van der Waals surface area (Å²) >= 11 is 0. The van der Waals surface area contributed by atoms with Crippen LogP contribution in [-0.4, -0.2) is 66.7 Å². The number of morpholine rings is 1. The molecule has 24 heavy (non-hydrogen) atoms. The maximum absolute atomic E-state index is 12.5. The van der Waals surface area contributed by atoms with E-state index in [0.717, 1.165) is 60.7 Å². The van der Waals surface area contributed by atoms with Crippen molar-refractivity contribution in [1.82, 2.24) is 20.2 Å². The molecule has 0 atom stereocenters. The quantitative estimate of drug-likeness (QED) is 0.774. The second-order valence-corrected chi connectivity index (χ2v) is 6.06. The number of nitrogens with zero attached hydrogens (tertiary/aromatic N) is 2. The van der Waals surface area contributed by atoms with E-state index in [1.807, 2.05) is 18.3 Å². The highest BCUT2D eigenvalue weighted by Gasteiger charge is 2.17. The van der Waals surface area contributed by atoms with Crippen molar-refractivity contribution in [3.05, 3.63) is 29.6 Å². The first-order chi connectivity index (χ1) is 11.8. The number of hydrogen-bond donors (Lipinski definition) is 3. The number of carbonyl (C=O) groups is 1. The first-order valence-electron chi connectivity index (χ1n) is 8.30. The standard InChI is InChI=1S/C17H21N5O2/c23-17(19-3-4-22-5-7-24-8-6-22)13-9-12-10-21-16-15(12)14(20-11-13)1-2-18-16/h1-2,9-10,20H,3-8,11H2,(H,18,21)(H,19,23). The average molecular weight is 327 g/mol. The summed E-state index contributed by atoms with van der Waals surface area (Å²) in [4.78, 5) is 22.3.